The van der Waals surface area contributed by atoms with E-state index in [1.807, 2.05) is 0 Å². The first-order valence-corrected chi connectivity index (χ1v) is 8.03. The number of methoxy groups -OCH3 is 1. The molecule has 2 atom stereocenters. The lowest BCUT2D eigenvalue weighted by atomic mass is 9.83. The van der Waals surface area contributed by atoms with E-state index in [2.05, 4.69) is 5.32 Å². The number of amides is 1. The number of Topliss-reactive ketones (excluding diaryl/α,β-unsaturated/α-hetero) is 1. The van der Waals surface area contributed by atoms with Crippen LogP contribution in [-0.4, -0.2) is 35.7 Å². The number of carbonyl (C=O) groups is 3. The van der Waals surface area contributed by atoms with E-state index in [4.69, 9.17) is 4.74 Å². The van der Waals surface area contributed by atoms with Gasteiger partial charge in [0.05, 0.1) is 18.5 Å². The van der Waals surface area contributed by atoms with E-state index >= 15 is 0 Å². The smallest absolute Gasteiger partial charge is 0.328 e. The van der Waals surface area contributed by atoms with E-state index in [1.54, 1.807) is 6.07 Å². The van der Waals surface area contributed by atoms with E-state index in [0.717, 1.165) is 0 Å². The van der Waals surface area contributed by atoms with Crippen molar-refractivity contribution in [2.75, 3.05) is 7.11 Å². The Kier molecular flexibility index (Phi) is 6.21. The van der Waals surface area contributed by atoms with Crippen LogP contribution >= 0.6 is 0 Å². The minimum absolute atomic E-state index is 0.0677. The summed E-state index contributed by atoms with van der Waals surface area (Å²) in [5, 5.41) is 13.4. The highest BCUT2D eigenvalue weighted by molar-refractivity contribution is 5.87. The van der Waals surface area contributed by atoms with Crippen LogP contribution in [0.2, 0.25) is 0 Å². The lowest BCUT2D eigenvalue weighted by Gasteiger charge is -2.28. The van der Waals surface area contributed by atoms with Gasteiger partial charge in [0.2, 0.25) is 5.91 Å². The van der Waals surface area contributed by atoms with Gasteiger partial charge in [0.1, 0.15) is 11.8 Å². The number of hydrogen-bond acceptors (Lipinski definition) is 6. The zero-order valence-corrected chi connectivity index (χ0v) is 13.9. The number of benzene rings is 1. The molecule has 0 spiro atoms. The van der Waals surface area contributed by atoms with Gasteiger partial charge in [-0.15, -0.1) is 0 Å². The molecule has 8 nitrogen and oxygen atoms in total. The number of ether oxygens (including phenoxy) is 1. The molecule has 134 valence electrons. The van der Waals surface area contributed by atoms with Crippen molar-refractivity contribution in [2.45, 2.75) is 38.1 Å². The van der Waals surface area contributed by atoms with E-state index in [9.17, 15) is 24.5 Å². The minimum atomic E-state index is -0.888. The molecule has 0 unspecified atom stereocenters. The second-order valence-corrected chi connectivity index (χ2v) is 6.07. The molecule has 8 heteroatoms. The fraction of sp³-hybridized carbons (Fsp3) is 0.471. The molecule has 1 aliphatic carbocycles. The number of esters is 1. The molecule has 1 aliphatic rings. The molecule has 1 aromatic rings. The Balaban J connectivity index is 2.06. The largest absolute Gasteiger partial charge is 0.467 e. The average Bonchev–Trinajstić information content (AvgIpc) is 2.59. The van der Waals surface area contributed by atoms with Gasteiger partial charge in [0, 0.05) is 25.0 Å². The van der Waals surface area contributed by atoms with Crippen LogP contribution < -0.4 is 5.32 Å². The Morgan fingerprint density at radius 1 is 1.44 bits per heavy atom. The number of rotatable bonds is 6. The lowest BCUT2D eigenvalue weighted by Crippen LogP contribution is -2.48. The molecule has 25 heavy (non-hydrogen) atoms. The van der Waals surface area contributed by atoms with Crippen molar-refractivity contribution in [1.29, 1.82) is 0 Å². The van der Waals surface area contributed by atoms with E-state index < -0.39 is 22.8 Å². The molecule has 2 rings (SSSR count). The highest BCUT2D eigenvalue weighted by Crippen LogP contribution is 2.25. The van der Waals surface area contributed by atoms with Crippen molar-refractivity contribution < 1.29 is 24.0 Å². The predicted molar refractivity (Wildman–Crippen MR) is 87.7 cm³/mol. The number of non-ortho nitro benzene ring substituents is 1. The van der Waals surface area contributed by atoms with Crippen LogP contribution in [0.25, 0.3) is 0 Å². The van der Waals surface area contributed by atoms with Gasteiger partial charge in [-0.2, -0.15) is 0 Å². The Labute approximate surface area is 144 Å². The molecule has 0 saturated heterocycles. The van der Waals surface area contributed by atoms with E-state index in [1.165, 1.54) is 25.3 Å². The minimum Gasteiger partial charge on any atom is -0.467 e. The molecule has 1 fully saturated rings. The van der Waals surface area contributed by atoms with Crippen molar-refractivity contribution in [3.63, 3.8) is 0 Å². The third kappa shape index (κ3) is 5.10. The van der Waals surface area contributed by atoms with Crippen LogP contribution in [0.1, 0.15) is 31.2 Å². The second kappa shape index (κ2) is 8.36. The third-order valence-corrected chi connectivity index (χ3v) is 4.25. The number of nitrogens with one attached hydrogen (secondary N) is 1. The van der Waals surface area contributed by atoms with Crippen molar-refractivity contribution in [3.05, 3.63) is 39.9 Å². The second-order valence-electron chi connectivity index (χ2n) is 6.07. The fourth-order valence-electron chi connectivity index (χ4n) is 3.03. The van der Waals surface area contributed by atoms with Crippen molar-refractivity contribution in [2.24, 2.45) is 5.92 Å². The molecule has 1 N–H and O–H groups in total. The number of carbonyl (C=O) groups excluding carboxylic acids is 3. The lowest BCUT2D eigenvalue weighted by molar-refractivity contribution is -0.384. The monoisotopic (exact) mass is 348 g/mol. The molecule has 0 aromatic heterocycles. The first-order valence-electron chi connectivity index (χ1n) is 8.03. The van der Waals surface area contributed by atoms with Gasteiger partial charge in [0.25, 0.3) is 5.69 Å². The molecule has 0 aliphatic heterocycles. The number of hydrogen-bond donors (Lipinski definition) is 1. The molecule has 1 aromatic carbocycles. The number of nitro benzene ring substituents is 1. The highest BCUT2D eigenvalue weighted by Gasteiger charge is 2.34. The Morgan fingerprint density at radius 3 is 2.84 bits per heavy atom. The van der Waals surface area contributed by atoms with E-state index in [0.29, 0.717) is 24.8 Å². The zero-order chi connectivity index (χ0) is 18.4. The van der Waals surface area contributed by atoms with Crippen molar-refractivity contribution in [1.82, 2.24) is 5.32 Å². The van der Waals surface area contributed by atoms with Crippen LogP contribution in [0.15, 0.2) is 24.3 Å². The summed E-state index contributed by atoms with van der Waals surface area (Å²) in [4.78, 5) is 46.2. The van der Waals surface area contributed by atoms with Crippen LogP contribution in [0.5, 0.6) is 0 Å². The first-order chi connectivity index (χ1) is 11.9. The zero-order valence-electron chi connectivity index (χ0n) is 13.9. The molecule has 0 bridgehead atoms. The van der Waals surface area contributed by atoms with Gasteiger partial charge >= 0.3 is 5.97 Å². The molecular formula is C17H20N2O6. The van der Waals surface area contributed by atoms with Gasteiger partial charge in [-0.25, -0.2) is 4.79 Å². The van der Waals surface area contributed by atoms with Gasteiger partial charge in [0.15, 0.2) is 0 Å². The average molecular weight is 348 g/mol. The summed E-state index contributed by atoms with van der Waals surface area (Å²) in [7, 11) is 1.23. The first kappa shape index (κ1) is 18.6. The van der Waals surface area contributed by atoms with Crippen molar-refractivity contribution >= 4 is 23.3 Å². The van der Waals surface area contributed by atoms with Gasteiger partial charge in [-0.05, 0) is 24.3 Å². The Hall–Kier alpha value is -2.77. The van der Waals surface area contributed by atoms with Gasteiger partial charge in [-0.3, -0.25) is 19.7 Å². The summed E-state index contributed by atoms with van der Waals surface area (Å²) in [5.74, 6) is -1.26. The number of nitrogens with zero attached hydrogens (tertiary/aromatic N) is 1. The Bertz CT molecular complexity index is 687. The summed E-state index contributed by atoms with van der Waals surface area (Å²) >= 11 is 0. The van der Waals surface area contributed by atoms with Crippen LogP contribution in [0, 0.1) is 16.0 Å². The quantitative estimate of drug-likeness (QED) is 0.474. The van der Waals surface area contributed by atoms with Gasteiger partial charge in [-0.1, -0.05) is 12.1 Å². The highest BCUT2D eigenvalue weighted by atomic mass is 16.6. The standard InChI is InChI=1S/C17H20N2O6/c1-25-17(22)16(12-5-3-7-14(20)10-12)18-15(21)9-11-4-2-6-13(8-11)19(23)24/h2,4,6,8,12,16H,3,5,7,9-10H2,1H3,(H,18,21)/t12-,16+/m0/s1. The molecule has 1 amide bonds. The van der Waals surface area contributed by atoms with E-state index in [-0.39, 0.29) is 30.2 Å². The molecule has 1 saturated carbocycles. The topological polar surface area (TPSA) is 116 Å². The summed E-state index contributed by atoms with van der Waals surface area (Å²) in [6.07, 6.45) is 1.96. The van der Waals surface area contributed by atoms with Crippen LogP contribution in [0.3, 0.4) is 0 Å². The summed E-state index contributed by atoms with van der Waals surface area (Å²) in [6.45, 7) is 0. The molecular weight excluding hydrogens is 328 g/mol. The maximum atomic E-state index is 12.3. The van der Waals surface area contributed by atoms with Crippen LogP contribution in [-0.2, 0) is 25.5 Å². The fourth-order valence-corrected chi connectivity index (χ4v) is 3.03. The SMILES string of the molecule is COC(=O)[C@H](NC(=O)Cc1cccc([N+](=O)[O-])c1)[C@H]1CCCC(=O)C1. The Morgan fingerprint density at radius 2 is 2.20 bits per heavy atom. The number of ketones is 1. The molecule has 0 heterocycles. The normalized spacial score (nSPS) is 18.3. The number of nitro groups is 1. The maximum absolute atomic E-state index is 12.3. The predicted octanol–water partition coefficient (Wildman–Crippen LogP) is 1.55. The summed E-state index contributed by atoms with van der Waals surface area (Å²) < 4.78 is 4.75. The maximum Gasteiger partial charge on any atom is 0.328 e. The summed E-state index contributed by atoms with van der Waals surface area (Å²) in [5.41, 5.74) is 0.364. The third-order valence-electron chi connectivity index (χ3n) is 4.25. The van der Waals surface area contributed by atoms with Crippen molar-refractivity contribution in [3.8, 4) is 0 Å². The van der Waals surface area contributed by atoms with Gasteiger partial charge < -0.3 is 10.1 Å². The summed E-state index contributed by atoms with van der Waals surface area (Å²) in [6, 6.07) is 4.87. The van der Waals surface area contributed by atoms with Crippen LogP contribution in [0.4, 0.5) is 5.69 Å². The molecule has 0 radical (unpaired) electrons.